The molecule has 3 heterocycles. The zero-order valence-corrected chi connectivity index (χ0v) is 13.6. The van der Waals surface area contributed by atoms with Crippen LogP contribution < -0.4 is 0 Å². The Morgan fingerprint density at radius 2 is 2.38 bits per heavy atom. The van der Waals surface area contributed by atoms with Crippen LogP contribution in [0.4, 0.5) is 0 Å². The van der Waals surface area contributed by atoms with Crippen LogP contribution in [-0.2, 0) is 17.8 Å². The third kappa shape index (κ3) is 3.51. The van der Waals surface area contributed by atoms with Gasteiger partial charge in [0, 0.05) is 29.8 Å². The van der Waals surface area contributed by atoms with E-state index in [1.165, 1.54) is 15.3 Å². The molecule has 0 spiro atoms. The number of hydrogen-bond acceptors (Lipinski definition) is 5. The highest BCUT2D eigenvalue weighted by molar-refractivity contribution is 7.16. The van der Waals surface area contributed by atoms with Gasteiger partial charge < -0.3 is 5.11 Å². The second kappa shape index (κ2) is 6.25. The van der Waals surface area contributed by atoms with Crippen molar-refractivity contribution in [2.24, 2.45) is 0 Å². The van der Waals surface area contributed by atoms with Crippen molar-refractivity contribution >= 4 is 28.6 Å². The van der Waals surface area contributed by atoms with E-state index in [-0.39, 0.29) is 6.42 Å². The smallest absolute Gasteiger partial charge is 0.303 e. The third-order valence-corrected chi connectivity index (χ3v) is 5.72. The first-order valence-electron chi connectivity index (χ1n) is 7.10. The van der Waals surface area contributed by atoms with Gasteiger partial charge in [-0.3, -0.25) is 9.69 Å². The minimum absolute atomic E-state index is 0.260. The molecule has 2 aromatic heterocycles. The van der Waals surface area contributed by atoms with E-state index in [4.69, 9.17) is 5.11 Å². The van der Waals surface area contributed by atoms with Crippen molar-refractivity contribution in [1.29, 1.82) is 0 Å². The molecule has 0 aromatic carbocycles. The maximum Gasteiger partial charge on any atom is 0.303 e. The molecule has 1 N–H and O–H groups in total. The van der Waals surface area contributed by atoms with Crippen molar-refractivity contribution < 1.29 is 9.90 Å². The second-order valence-corrected chi connectivity index (χ2v) is 7.53. The van der Waals surface area contributed by atoms with Crippen LogP contribution >= 0.6 is 22.7 Å². The SMILES string of the molecule is Cc1nc(-c2cc3c(s2)CCN(CCCC(=O)O)C3)cs1. The first kappa shape index (κ1) is 14.7. The topological polar surface area (TPSA) is 53.4 Å². The normalized spacial score (nSPS) is 15.1. The van der Waals surface area contributed by atoms with E-state index in [0.29, 0.717) is 0 Å². The van der Waals surface area contributed by atoms with Crippen molar-refractivity contribution in [3.63, 3.8) is 0 Å². The quantitative estimate of drug-likeness (QED) is 0.916. The van der Waals surface area contributed by atoms with Gasteiger partial charge >= 0.3 is 5.97 Å². The number of thiazole rings is 1. The molecule has 0 unspecified atom stereocenters. The van der Waals surface area contributed by atoms with Gasteiger partial charge in [0.15, 0.2) is 0 Å². The highest BCUT2D eigenvalue weighted by Gasteiger charge is 2.20. The summed E-state index contributed by atoms with van der Waals surface area (Å²) in [5.74, 6) is -0.704. The Morgan fingerprint density at radius 1 is 1.52 bits per heavy atom. The van der Waals surface area contributed by atoms with E-state index in [1.807, 2.05) is 18.3 Å². The van der Waals surface area contributed by atoms with Crippen LogP contribution in [0.25, 0.3) is 10.6 Å². The summed E-state index contributed by atoms with van der Waals surface area (Å²) in [7, 11) is 0. The van der Waals surface area contributed by atoms with Crippen molar-refractivity contribution in [1.82, 2.24) is 9.88 Å². The molecule has 1 aliphatic rings. The number of nitrogens with zero attached hydrogens (tertiary/aromatic N) is 2. The molecule has 1 aliphatic heterocycles. The van der Waals surface area contributed by atoms with Gasteiger partial charge in [-0.25, -0.2) is 4.98 Å². The fourth-order valence-corrected chi connectivity index (χ4v) is 4.45. The summed E-state index contributed by atoms with van der Waals surface area (Å²) in [5, 5.41) is 11.9. The lowest BCUT2D eigenvalue weighted by molar-refractivity contribution is -0.137. The standard InChI is InChI=1S/C15H18N2O2S2/c1-10-16-12(9-20-10)14-7-11-8-17(5-2-3-15(18)19)6-4-13(11)21-14/h7,9H,2-6,8H2,1H3,(H,18,19). The Balaban J connectivity index is 1.66. The number of hydrogen-bond donors (Lipinski definition) is 1. The highest BCUT2D eigenvalue weighted by atomic mass is 32.1. The number of thiophene rings is 1. The largest absolute Gasteiger partial charge is 0.481 e. The molecule has 3 rings (SSSR count). The first-order chi connectivity index (χ1) is 10.1. The minimum Gasteiger partial charge on any atom is -0.481 e. The summed E-state index contributed by atoms with van der Waals surface area (Å²) in [6.45, 7) is 4.87. The number of carbonyl (C=O) groups is 1. The summed E-state index contributed by atoms with van der Waals surface area (Å²) in [6, 6.07) is 2.26. The minimum atomic E-state index is -0.704. The lowest BCUT2D eigenvalue weighted by atomic mass is 10.1. The molecule has 0 radical (unpaired) electrons. The molecule has 2 aromatic rings. The van der Waals surface area contributed by atoms with Crippen LogP contribution in [0, 0.1) is 6.92 Å². The number of aromatic nitrogens is 1. The van der Waals surface area contributed by atoms with E-state index in [1.54, 1.807) is 11.3 Å². The number of rotatable bonds is 5. The number of carboxylic acids is 1. The molecule has 112 valence electrons. The third-order valence-electron chi connectivity index (χ3n) is 3.68. The number of fused-ring (bicyclic) bond motifs is 1. The monoisotopic (exact) mass is 322 g/mol. The summed E-state index contributed by atoms with van der Waals surface area (Å²) >= 11 is 3.54. The van der Waals surface area contributed by atoms with Crippen LogP contribution in [0.15, 0.2) is 11.4 Å². The van der Waals surface area contributed by atoms with Crippen LogP contribution in [0.3, 0.4) is 0 Å². The fourth-order valence-electron chi connectivity index (χ4n) is 2.64. The Hall–Kier alpha value is -1.24. The number of aryl methyl sites for hydroxylation is 1. The van der Waals surface area contributed by atoms with E-state index in [0.717, 1.165) is 43.2 Å². The average Bonchev–Trinajstić information content (AvgIpc) is 3.03. The van der Waals surface area contributed by atoms with E-state index >= 15 is 0 Å². The molecule has 0 amide bonds. The molecule has 0 aliphatic carbocycles. The Kier molecular flexibility index (Phi) is 4.37. The van der Waals surface area contributed by atoms with Gasteiger partial charge in [-0.1, -0.05) is 0 Å². The van der Waals surface area contributed by atoms with Gasteiger partial charge in [0.25, 0.3) is 0 Å². The molecule has 0 atom stereocenters. The molecule has 0 fully saturated rings. The van der Waals surface area contributed by atoms with Gasteiger partial charge in [0.2, 0.25) is 0 Å². The molecular weight excluding hydrogens is 304 g/mol. The van der Waals surface area contributed by atoms with Crippen LogP contribution in [0.5, 0.6) is 0 Å². The predicted molar refractivity (Wildman–Crippen MR) is 86.0 cm³/mol. The fraction of sp³-hybridized carbons (Fsp3) is 0.467. The van der Waals surface area contributed by atoms with Crippen LogP contribution in [0.1, 0.15) is 28.3 Å². The lowest BCUT2D eigenvalue weighted by Gasteiger charge is -2.26. The number of aliphatic carboxylic acids is 1. The zero-order chi connectivity index (χ0) is 14.8. The summed E-state index contributed by atoms with van der Waals surface area (Å²) in [6.07, 6.45) is 2.06. The molecule has 0 bridgehead atoms. The van der Waals surface area contributed by atoms with Gasteiger partial charge in [-0.15, -0.1) is 22.7 Å². The average molecular weight is 322 g/mol. The van der Waals surface area contributed by atoms with Crippen molar-refractivity contribution in [3.05, 3.63) is 26.9 Å². The number of carboxylic acid groups (broad SMARTS) is 1. The van der Waals surface area contributed by atoms with Crippen molar-refractivity contribution in [2.45, 2.75) is 32.7 Å². The highest BCUT2D eigenvalue weighted by Crippen LogP contribution is 2.35. The Bertz CT molecular complexity index is 648. The molecule has 0 saturated heterocycles. The molecule has 21 heavy (non-hydrogen) atoms. The summed E-state index contributed by atoms with van der Waals surface area (Å²) in [4.78, 5) is 20.2. The van der Waals surface area contributed by atoms with Gasteiger partial charge in [0.1, 0.15) is 0 Å². The van der Waals surface area contributed by atoms with Crippen molar-refractivity contribution in [2.75, 3.05) is 13.1 Å². The van der Waals surface area contributed by atoms with Crippen LogP contribution in [-0.4, -0.2) is 34.0 Å². The maximum absolute atomic E-state index is 10.6. The van der Waals surface area contributed by atoms with Gasteiger partial charge in [-0.05, 0) is 37.9 Å². The predicted octanol–water partition coefficient (Wildman–Crippen LogP) is 3.40. The summed E-state index contributed by atoms with van der Waals surface area (Å²) < 4.78 is 0. The Labute approximate surface area is 132 Å². The zero-order valence-electron chi connectivity index (χ0n) is 12.0. The molecule has 6 heteroatoms. The van der Waals surface area contributed by atoms with Crippen molar-refractivity contribution in [3.8, 4) is 10.6 Å². The first-order valence-corrected chi connectivity index (χ1v) is 8.79. The lowest BCUT2D eigenvalue weighted by Crippen LogP contribution is -2.30. The Morgan fingerprint density at radius 3 is 3.10 bits per heavy atom. The van der Waals surface area contributed by atoms with E-state index in [2.05, 4.69) is 21.3 Å². The molecule has 4 nitrogen and oxygen atoms in total. The molecular formula is C15H18N2O2S2. The van der Waals surface area contributed by atoms with Crippen LogP contribution in [0.2, 0.25) is 0 Å². The van der Waals surface area contributed by atoms with Gasteiger partial charge in [0.05, 0.1) is 15.6 Å². The summed E-state index contributed by atoms with van der Waals surface area (Å²) in [5.41, 5.74) is 2.48. The van der Waals surface area contributed by atoms with Gasteiger partial charge in [-0.2, -0.15) is 0 Å². The van der Waals surface area contributed by atoms with E-state index in [9.17, 15) is 4.79 Å². The second-order valence-electron chi connectivity index (χ2n) is 5.33. The van der Waals surface area contributed by atoms with E-state index < -0.39 is 5.97 Å². The molecule has 0 saturated carbocycles. The maximum atomic E-state index is 10.6.